The SMILES string of the molecule is Cc1cc(CNC2CC2)cc(Oc2cncc(Cl)c2)n1. The van der Waals surface area contributed by atoms with Crippen molar-refractivity contribution in [1.29, 1.82) is 0 Å². The van der Waals surface area contributed by atoms with E-state index in [4.69, 9.17) is 16.3 Å². The van der Waals surface area contributed by atoms with E-state index in [0.717, 1.165) is 12.2 Å². The molecule has 1 aliphatic rings. The number of halogens is 1. The molecule has 0 saturated heterocycles. The van der Waals surface area contributed by atoms with Gasteiger partial charge in [-0.2, -0.15) is 0 Å². The number of pyridine rings is 2. The molecule has 2 aromatic heterocycles. The summed E-state index contributed by atoms with van der Waals surface area (Å²) in [5.41, 5.74) is 2.11. The predicted molar refractivity (Wildman–Crippen MR) is 78.2 cm³/mol. The number of nitrogens with one attached hydrogen (secondary N) is 1. The Bertz CT molecular complexity index is 614. The van der Waals surface area contributed by atoms with E-state index in [1.165, 1.54) is 18.4 Å². The minimum absolute atomic E-state index is 0.547. The summed E-state index contributed by atoms with van der Waals surface area (Å²) in [5.74, 6) is 1.17. The Labute approximate surface area is 123 Å². The largest absolute Gasteiger partial charge is 0.437 e. The molecule has 0 unspecified atom stereocenters. The minimum Gasteiger partial charge on any atom is -0.437 e. The van der Waals surface area contributed by atoms with Gasteiger partial charge in [0.15, 0.2) is 0 Å². The molecule has 0 amide bonds. The van der Waals surface area contributed by atoms with Gasteiger partial charge < -0.3 is 10.1 Å². The number of rotatable bonds is 5. The van der Waals surface area contributed by atoms with Gasteiger partial charge in [-0.05, 0) is 31.4 Å². The summed E-state index contributed by atoms with van der Waals surface area (Å²) >= 11 is 5.89. The van der Waals surface area contributed by atoms with Gasteiger partial charge in [0.2, 0.25) is 5.88 Å². The summed E-state index contributed by atoms with van der Waals surface area (Å²) in [4.78, 5) is 8.38. The molecule has 0 bridgehead atoms. The van der Waals surface area contributed by atoms with E-state index in [0.29, 0.717) is 22.7 Å². The van der Waals surface area contributed by atoms with Crippen LogP contribution in [0.15, 0.2) is 30.6 Å². The third-order valence-electron chi connectivity index (χ3n) is 3.06. The fourth-order valence-corrected chi connectivity index (χ4v) is 2.14. The highest BCUT2D eigenvalue weighted by molar-refractivity contribution is 6.30. The van der Waals surface area contributed by atoms with Crippen LogP contribution >= 0.6 is 11.6 Å². The lowest BCUT2D eigenvalue weighted by Gasteiger charge is -2.09. The van der Waals surface area contributed by atoms with E-state index < -0.39 is 0 Å². The van der Waals surface area contributed by atoms with Gasteiger partial charge in [-0.25, -0.2) is 4.98 Å². The number of ether oxygens (including phenoxy) is 1. The molecular weight excluding hydrogens is 274 g/mol. The second-order valence-electron chi connectivity index (χ2n) is 5.05. The molecule has 4 nitrogen and oxygen atoms in total. The first-order valence-electron chi connectivity index (χ1n) is 6.68. The van der Waals surface area contributed by atoms with Gasteiger partial charge in [0.1, 0.15) is 5.75 Å². The van der Waals surface area contributed by atoms with E-state index in [9.17, 15) is 0 Å². The Kier molecular flexibility index (Phi) is 3.85. The summed E-state index contributed by atoms with van der Waals surface area (Å²) in [5, 5.41) is 4.03. The molecule has 1 saturated carbocycles. The summed E-state index contributed by atoms with van der Waals surface area (Å²) in [7, 11) is 0. The molecule has 104 valence electrons. The van der Waals surface area contributed by atoms with Gasteiger partial charge in [-0.15, -0.1) is 0 Å². The van der Waals surface area contributed by atoms with Crippen molar-refractivity contribution in [2.75, 3.05) is 0 Å². The van der Waals surface area contributed by atoms with E-state index in [-0.39, 0.29) is 0 Å². The van der Waals surface area contributed by atoms with Gasteiger partial charge in [0.05, 0.1) is 11.2 Å². The highest BCUT2D eigenvalue weighted by Crippen LogP contribution is 2.24. The molecule has 5 heteroatoms. The van der Waals surface area contributed by atoms with Gasteiger partial charge in [-0.1, -0.05) is 11.6 Å². The van der Waals surface area contributed by atoms with Gasteiger partial charge in [0, 0.05) is 36.6 Å². The Hall–Kier alpha value is -1.65. The van der Waals surface area contributed by atoms with Crippen LogP contribution in [-0.2, 0) is 6.54 Å². The van der Waals surface area contributed by atoms with Crippen molar-refractivity contribution >= 4 is 11.6 Å². The van der Waals surface area contributed by atoms with E-state index in [2.05, 4.69) is 21.4 Å². The van der Waals surface area contributed by atoms with Crippen molar-refractivity contribution in [3.8, 4) is 11.6 Å². The molecule has 20 heavy (non-hydrogen) atoms. The van der Waals surface area contributed by atoms with Gasteiger partial charge in [-0.3, -0.25) is 4.98 Å². The topological polar surface area (TPSA) is 47.0 Å². The van der Waals surface area contributed by atoms with Crippen LogP contribution in [0.1, 0.15) is 24.1 Å². The van der Waals surface area contributed by atoms with Crippen LogP contribution in [-0.4, -0.2) is 16.0 Å². The van der Waals surface area contributed by atoms with E-state index in [1.54, 1.807) is 18.5 Å². The van der Waals surface area contributed by atoms with Crippen molar-refractivity contribution < 1.29 is 4.74 Å². The average Bonchev–Trinajstić information content (AvgIpc) is 3.20. The second-order valence-corrected chi connectivity index (χ2v) is 5.49. The summed E-state index contributed by atoms with van der Waals surface area (Å²) in [6.45, 7) is 2.81. The monoisotopic (exact) mass is 289 g/mol. The Balaban J connectivity index is 1.74. The first-order valence-corrected chi connectivity index (χ1v) is 7.06. The summed E-state index contributed by atoms with van der Waals surface area (Å²) in [6, 6.07) is 6.42. The molecule has 0 atom stereocenters. The van der Waals surface area contributed by atoms with Crippen LogP contribution in [0, 0.1) is 6.92 Å². The Morgan fingerprint density at radius 3 is 2.90 bits per heavy atom. The molecule has 0 radical (unpaired) electrons. The van der Waals surface area contributed by atoms with Crippen molar-refractivity contribution in [1.82, 2.24) is 15.3 Å². The molecule has 3 rings (SSSR count). The van der Waals surface area contributed by atoms with E-state index >= 15 is 0 Å². The maximum atomic E-state index is 5.89. The molecule has 2 aromatic rings. The zero-order valence-electron chi connectivity index (χ0n) is 11.3. The number of aromatic nitrogens is 2. The van der Waals surface area contributed by atoms with Crippen LogP contribution in [0.2, 0.25) is 5.02 Å². The number of hydrogen-bond acceptors (Lipinski definition) is 4. The molecule has 1 aliphatic carbocycles. The standard InChI is InChI=1S/C15H16ClN3O/c1-10-4-11(7-18-13-2-3-13)5-15(19-10)20-14-6-12(16)8-17-9-14/h4-6,8-9,13,18H,2-3,7H2,1H3. The quantitative estimate of drug-likeness (QED) is 0.915. The normalized spacial score (nSPS) is 14.3. The lowest BCUT2D eigenvalue weighted by Crippen LogP contribution is -2.15. The van der Waals surface area contributed by atoms with Crippen molar-refractivity contribution in [2.24, 2.45) is 0 Å². The zero-order valence-corrected chi connectivity index (χ0v) is 12.0. The number of nitrogens with zero attached hydrogens (tertiary/aromatic N) is 2. The van der Waals surface area contributed by atoms with Crippen molar-refractivity contribution in [3.05, 3.63) is 46.9 Å². The average molecular weight is 290 g/mol. The smallest absolute Gasteiger partial charge is 0.219 e. The number of hydrogen-bond donors (Lipinski definition) is 1. The Morgan fingerprint density at radius 2 is 2.15 bits per heavy atom. The van der Waals surface area contributed by atoms with Gasteiger partial charge in [0.25, 0.3) is 0 Å². The fourth-order valence-electron chi connectivity index (χ4n) is 1.98. The zero-order chi connectivity index (χ0) is 13.9. The van der Waals surface area contributed by atoms with Crippen LogP contribution in [0.25, 0.3) is 0 Å². The minimum atomic E-state index is 0.547. The van der Waals surface area contributed by atoms with Crippen LogP contribution in [0.3, 0.4) is 0 Å². The lowest BCUT2D eigenvalue weighted by molar-refractivity contribution is 0.458. The highest BCUT2D eigenvalue weighted by Gasteiger charge is 2.20. The molecule has 0 aromatic carbocycles. The lowest BCUT2D eigenvalue weighted by atomic mass is 10.2. The van der Waals surface area contributed by atoms with Crippen molar-refractivity contribution in [2.45, 2.75) is 32.4 Å². The summed E-state index contributed by atoms with van der Waals surface area (Å²) < 4.78 is 5.72. The molecule has 2 heterocycles. The third kappa shape index (κ3) is 3.68. The predicted octanol–water partition coefficient (Wildman–Crippen LogP) is 3.48. The second kappa shape index (κ2) is 5.77. The molecule has 1 N–H and O–H groups in total. The van der Waals surface area contributed by atoms with Crippen LogP contribution < -0.4 is 10.1 Å². The first kappa shape index (κ1) is 13.3. The molecule has 1 fully saturated rings. The Morgan fingerprint density at radius 1 is 1.30 bits per heavy atom. The molecule has 0 spiro atoms. The van der Waals surface area contributed by atoms with Crippen LogP contribution in [0.4, 0.5) is 0 Å². The number of aryl methyl sites for hydroxylation is 1. The first-order chi connectivity index (χ1) is 9.69. The third-order valence-corrected chi connectivity index (χ3v) is 3.27. The maximum absolute atomic E-state index is 5.89. The van der Waals surface area contributed by atoms with Gasteiger partial charge >= 0.3 is 0 Å². The molecule has 0 aliphatic heterocycles. The van der Waals surface area contributed by atoms with Crippen molar-refractivity contribution in [3.63, 3.8) is 0 Å². The fraction of sp³-hybridized carbons (Fsp3) is 0.333. The highest BCUT2D eigenvalue weighted by atomic mass is 35.5. The maximum Gasteiger partial charge on any atom is 0.219 e. The molecular formula is C15H16ClN3O. The summed E-state index contributed by atoms with van der Waals surface area (Å²) in [6.07, 6.45) is 5.75. The van der Waals surface area contributed by atoms with Crippen LogP contribution in [0.5, 0.6) is 11.6 Å². The van der Waals surface area contributed by atoms with E-state index in [1.807, 2.05) is 13.0 Å².